The maximum atomic E-state index is 10.8. The molecule has 1 aliphatic heterocycles. The van der Waals surface area contributed by atoms with Gasteiger partial charge in [-0.05, 0) is 43.9 Å². The van der Waals surface area contributed by atoms with Crippen LogP contribution in [0.4, 0.5) is 17.3 Å². The van der Waals surface area contributed by atoms with E-state index in [1.165, 1.54) is 23.1 Å². The van der Waals surface area contributed by atoms with E-state index < -0.39 is 0 Å². The van der Waals surface area contributed by atoms with Crippen molar-refractivity contribution in [2.75, 3.05) is 44.3 Å². The number of nitrogens with two attached hydrogens (primary N) is 1. The van der Waals surface area contributed by atoms with E-state index in [1.54, 1.807) is 30.8 Å². The molecule has 2 aliphatic rings. The number of aromatic nitrogens is 3. The number of aryl methyl sites for hydroxylation is 1. The fraction of sp³-hybridized carbons (Fsp3) is 0.458. The van der Waals surface area contributed by atoms with Crippen molar-refractivity contribution in [3.63, 3.8) is 0 Å². The first-order chi connectivity index (χ1) is 16.4. The topological polar surface area (TPSA) is 124 Å². The molecule has 1 aliphatic carbocycles. The quantitative estimate of drug-likeness (QED) is 0.491. The van der Waals surface area contributed by atoms with Gasteiger partial charge in [-0.1, -0.05) is 6.92 Å². The molecular weight excluding hydrogens is 448 g/mol. The molecule has 1 unspecified atom stereocenters. The van der Waals surface area contributed by atoms with E-state index in [1.807, 2.05) is 11.0 Å². The number of rotatable bonds is 3. The lowest BCUT2D eigenvalue weighted by Gasteiger charge is -2.31. The summed E-state index contributed by atoms with van der Waals surface area (Å²) in [6.07, 6.45) is 7.86. The number of anilines is 3. The Balaban J connectivity index is 0.000000231. The van der Waals surface area contributed by atoms with Crippen LogP contribution in [0.1, 0.15) is 36.3 Å². The Morgan fingerprint density at radius 2 is 2.03 bits per heavy atom. The third-order valence-electron chi connectivity index (χ3n) is 6.41. The van der Waals surface area contributed by atoms with Crippen LogP contribution in [0.25, 0.3) is 10.2 Å². The van der Waals surface area contributed by atoms with Crippen LogP contribution in [0, 0.1) is 11.3 Å². The highest BCUT2D eigenvalue weighted by atomic mass is 32.1. The molecule has 9 nitrogen and oxygen atoms in total. The van der Waals surface area contributed by atoms with Gasteiger partial charge >= 0.3 is 0 Å². The smallest absolute Gasteiger partial charge is 0.219 e. The third-order valence-corrected chi connectivity index (χ3v) is 7.57. The number of carbonyl (C=O) groups is 1. The van der Waals surface area contributed by atoms with Crippen molar-refractivity contribution in [1.82, 2.24) is 24.8 Å². The Hall–Kier alpha value is -3.11. The van der Waals surface area contributed by atoms with Gasteiger partial charge in [-0.25, -0.2) is 15.0 Å². The molecule has 0 aromatic carbocycles. The zero-order valence-electron chi connectivity index (χ0n) is 20.0. The number of nitrogens with zero attached hydrogens (tertiary/aromatic N) is 5. The fourth-order valence-electron chi connectivity index (χ4n) is 4.30. The van der Waals surface area contributed by atoms with Crippen LogP contribution < -0.4 is 11.1 Å². The van der Waals surface area contributed by atoms with Crippen molar-refractivity contribution in [3.05, 3.63) is 34.6 Å². The second kappa shape index (κ2) is 10.4. The van der Waals surface area contributed by atoms with Crippen LogP contribution >= 0.6 is 11.3 Å². The first kappa shape index (κ1) is 24.0. The molecule has 1 atom stereocenters. The number of pyridine rings is 1. The van der Waals surface area contributed by atoms with E-state index in [9.17, 15) is 4.79 Å². The van der Waals surface area contributed by atoms with E-state index >= 15 is 0 Å². The van der Waals surface area contributed by atoms with Gasteiger partial charge in [-0.3, -0.25) is 4.79 Å². The van der Waals surface area contributed by atoms with Gasteiger partial charge < -0.3 is 26.3 Å². The standard InChI is InChI=1S/C17H18N6S.C7H14N2O/c1-9-2-3-12-13(4-9)24-17-14(12)16(21-8-22-17)23-11-5-10(6-18)15(19)20-7-11;1-7(10)9-5-3-8(2)4-6-9/h5-9,18H,2-4H2,1H3,(H2,19,20)(H,21,22,23);3-6H2,1-2H3. The van der Waals surface area contributed by atoms with Crippen molar-refractivity contribution >= 4 is 51.0 Å². The normalized spacial score (nSPS) is 18.1. The maximum absolute atomic E-state index is 10.8. The summed E-state index contributed by atoms with van der Waals surface area (Å²) in [5.74, 6) is 2.08. The second-order valence-electron chi connectivity index (χ2n) is 9.03. The number of carbonyl (C=O) groups excluding carboxylic acids is 1. The monoisotopic (exact) mass is 480 g/mol. The van der Waals surface area contributed by atoms with Crippen molar-refractivity contribution in [3.8, 4) is 0 Å². The molecule has 34 heavy (non-hydrogen) atoms. The van der Waals surface area contributed by atoms with Crippen LogP contribution in [0.2, 0.25) is 0 Å². The molecule has 4 N–H and O–H groups in total. The predicted octanol–water partition coefficient (Wildman–Crippen LogP) is 3.31. The number of hydrogen-bond donors (Lipinski definition) is 3. The van der Waals surface area contributed by atoms with Crippen molar-refractivity contribution < 1.29 is 4.79 Å². The van der Waals surface area contributed by atoms with E-state index in [4.69, 9.17) is 11.1 Å². The van der Waals surface area contributed by atoms with Crippen molar-refractivity contribution in [2.24, 2.45) is 5.92 Å². The van der Waals surface area contributed by atoms with Crippen LogP contribution in [0.3, 0.4) is 0 Å². The maximum Gasteiger partial charge on any atom is 0.219 e. The van der Waals surface area contributed by atoms with Crippen LogP contribution in [0.15, 0.2) is 18.6 Å². The summed E-state index contributed by atoms with van der Waals surface area (Å²) in [6.45, 7) is 7.75. The minimum Gasteiger partial charge on any atom is -0.383 e. The Morgan fingerprint density at radius 3 is 2.74 bits per heavy atom. The first-order valence-electron chi connectivity index (χ1n) is 11.6. The Morgan fingerprint density at radius 1 is 1.26 bits per heavy atom. The summed E-state index contributed by atoms with van der Waals surface area (Å²) in [5.41, 5.74) is 8.50. The molecule has 0 saturated carbocycles. The highest BCUT2D eigenvalue weighted by molar-refractivity contribution is 7.19. The number of nitrogens with one attached hydrogen (secondary N) is 2. The molecule has 3 aromatic heterocycles. The lowest BCUT2D eigenvalue weighted by Crippen LogP contribution is -2.46. The molecule has 10 heteroatoms. The van der Waals surface area contributed by atoms with E-state index in [0.717, 1.165) is 66.7 Å². The molecule has 3 aromatic rings. The SMILES string of the molecule is CC(=O)N1CCN(C)CC1.CC1CCc2c(sc3ncnc(Nc4cnc(N)c(C=N)c4)c23)C1. The van der Waals surface area contributed by atoms with E-state index in [-0.39, 0.29) is 5.91 Å². The third kappa shape index (κ3) is 5.34. The highest BCUT2D eigenvalue weighted by Gasteiger charge is 2.23. The largest absolute Gasteiger partial charge is 0.383 e. The molecular formula is C24H32N8OS. The number of amides is 1. The molecule has 5 rings (SSSR count). The molecule has 0 spiro atoms. The summed E-state index contributed by atoms with van der Waals surface area (Å²) in [7, 11) is 2.08. The van der Waals surface area contributed by atoms with Gasteiger partial charge in [0.15, 0.2) is 0 Å². The van der Waals surface area contributed by atoms with Gasteiger partial charge in [0.2, 0.25) is 5.91 Å². The van der Waals surface area contributed by atoms with Crippen LogP contribution in [-0.4, -0.2) is 70.1 Å². The summed E-state index contributed by atoms with van der Waals surface area (Å²) in [4.78, 5) is 30.4. The van der Waals surface area contributed by atoms with E-state index in [2.05, 4.69) is 39.1 Å². The number of nitrogen functional groups attached to an aromatic ring is 1. The summed E-state index contributed by atoms with van der Waals surface area (Å²) in [6, 6.07) is 1.81. The zero-order valence-corrected chi connectivity index (χ0v) is 20.8. The van der Waals surface area contributed by atoms with E-state index in [0.29, 0.717) is 11.4 Å². The molecule has 180 valence electrons. The number of fused-ring (bicyclic) bond motifs is 3. The fourth-order valence-corrected chi connectivity index (χ4v) is 5.65. The second-order valence-corrected chi connectivity index (χ2v) is 10.1. The summed E-state index contributed by atoms with van der Waals surface area (Å²) < 4.78 is 0. The van der Waals surface area contributed by atoms with Crippen LogP contribution in [-0.2, 0) is 17.6 Å². The molecule has 4 heterocycles. The van der Waals surface area contributed by atoms with Gasteiger partial charge in [0, 0.05) is 49.8 Å². The lowest BCUT2D eigenvalue weighted by molar-refractivity contribution is -0.130. The number of thiophene rings is 1. The molecule has 1 fully saturated rings. The Kier molecular flexibility index (Phi) is 7.38. The van der Waals surface area contributed by atoms with Gasteiger partial charge in [-0.15, -0.1) is 11.3 Å². The average Bonchev–Trinajstić information content (AvgIpc) is 3.19. The summed E-state index contributed by atoms with van der Waals surface area (Å²) >= 11 is 1.78. The number of likely N-dealkylation sites (N-methyl/N-ethyl adjacent to an activating group) is 1. The highest BCUT2D eigenvalue weighted by Crippen LogP contribution is 2.40. The lowest BCUT2D eigenvalue weighted by atomic mass is 9.89. The predicted molar refractivity (Wildman–Crippen MR) is 138 cm³/mol. The molecule has 1 saturated heterocycles. The molecule has 0 bridgehead atoms. The van der Waals surface area contributed by atoms with Gasteiger partial charge in [0.1, 0.15) is 22.8 Å². The molecule has 0 radical (unpaired) electrons. The number of piperazine rings is 1. The minimum atomic E-state index is 0.202. The minimum absolute atomic E-state index is 0.202. The first-order valence-corrected chi connectivity index (χ1v) is 12.4. The van der Waals surface area contributed by atoms with Crippen molar-refractivity contribution in [1.29, 1.82) is 5.41 Å². The Bertz CT molecular complexity index is 1190. The number of hydrogen-bond acceptors (Lipinski definition) is 9. The average molecular weight is 481 g/mol. The van der Waals surface area contributed by atoms with Gasteiger partial charge in [0.25, 0.3) is 0 Å². The summed E-state index contributed by atoms with van der Waals surface area (Å²) in [5, 5.41) is 11.9. The van der Waals surface area contributed by atoms with Crippen LogP contribution in [0.5, 0.6) is 0 Å². The Labute approximate surface area is 203 Å². The van der Waals surface area contributed by atoms with Gasteiger partial charge in [-0.2, -0.15) is 0 Å². The van der Waals surface area contributed by atoms with Crippen molar-refractivity contribution in [2.45, 2.75) is 33.1 Å². The molecule has 1 amide bonds. The van der Waals surface area contributed by atoms with Gasteiger partial charge in [0.05, 0.1) is 17.3 Å². The zero-order chi connectivity index (χ0) is 24.2.